The van der Waals surface area contributed by atoms with Crippen LogP contribution in [0.2, 0.25) is 0 Å². The van der Waals surface area contributed by atoms with Crippen molar-refractivity contribution in [1.82, 2.24) is 30.5 Å². The fraction of sp³-hybridized carbons (Fsp3) is 0.375. The van der Waals surface area contributed by atoms with Crippen molar-refractivity contribution in [3.8, 4) is 0 Å². The predicted octanol–water partition coefficient (Wildman–Crippen LogP) is 0.609. The van der Waals surface area contributed by atoms with Gasteiger partial charge in [0.1, 0.15) is 5.69 Å². The molecule has 2 heterocycles. The number of rotatable bonds is 3. The number of nitrogens with zero attached hydrogens (tertiary/aromatic N) is 4. The van der Waals surface area contributed by atoms with Crippen molar-refractivity contribution in [3.63, 3.8) is 0 Å². The maximum Gasteiger partial charge on any atom is 0.105 e. The third-order valence-corrected chi connectivity index (χ3v) is 2.84. The Morgan fingerprint density at radius 3 is 2.80 bits per heavy atom. The van der Waals surface area contributed by atoms with E-state index in [2.05, 4.69) is 41.8 Å². The van der Waals surface area contributed by atoms with Gasteiger partial charge in [-0.3, -0.25) is 4.68 Å². The Balaban J connectivity index is 2.44. The zero-order valence-electron chi connectivity index (χ0n) is 8.40. The van der Waals surface area contributed by atoms with Crippen LogP contribution in [0.3, 0.4) is 0 Å². The van der Waals surface area contributed by atoms with Gasteiger partial charge in [-0.05, 0) is 23.0 Å². The normalized spacial score (nSPS) is 13.0. The van der Waals surface area contributed by atoms with E-state index in [1.165, 1.54) is 0 Å². The number of hydrogen-bond acceptors (Lipinski definition) is 4. The Morgan fingerprint density at radius 1 is 1.53 bits per heavy atom. The maximum atomic E-state index is 4.17. The first-order valence-electron chi connectivity index (χ1n) is 4.44. The van der Waals surface area contributed by atoms with Crippen molar-refractivity contribution in [1.29, 1.82) is 0 Å². The van der Waals surface area contributed by atoms with Crippen LogP contribution < -0.4 is 5.32 Å². The van der Waals surface area contributed by atoms with Crippen LogP contribution in [-0.2, 0) is 7.05 Å². The highest BCUT2D eigenvalue weighted by atomic mass is 79.9. The Hall–Kier alpha value is -1.21. The molecule has 1 atom stereocenters. The van der Waals surface area contributed by atoms with Gasteiger partial charge in [-0.2, -0.15) is 20.5 Å². The second-order valence-electron chi connectivity index (χ2n) is 3.12. The number of H-pyrrole nitrogens is 1. The summed E-state index contributed by atoms with van der Waals surface area (Å²) in [5, 5.41) is 17.8. The zero-order valence-corrected chi connectivity index (χ0v) is 9.98. The maximum absolute atomic E-state index is 4.17. The Morgan fingerprint density at radius 2 is 2.33 bits per heavy atom. The fourth-order valence-corrected chi connectivity index (χ4v) is 2.10. The van der Waals surface area contributed by atoms with E-state index in [1.54, 1.807) is 17.1 Å². The summed E-state index contributed by atoms with van der Waals surface area (Å²) >= 11 is 3.46. The summed E-state index contributed by atoms with van der Waals surface area (Å²) in [6, 6.07) is -0.0226. The first kappa shape index (κ1) is 10.3. The molecule has 2 aromatic heterocycles. The number of aryl methyl sites for hydroxylation is 1. The van der Waals surface area contributed by atoms with Crippen LogP contribution in [0.5, 0.6) is 0 Å². The topological polar surface area (TPSA) is 71.4 Å². The minimum Gasteiger partial charge on any atom is -0.307 e. The molecule has 1 unspecified atom stereocenters. The van der Waals surface area contributed by atoms with Crippen LogP contribution in [0.25, 0.3) is 0 Å². The first-order valence-corrected chi connectivity index (χ1v) is 5.23. The van der Waals surface area contributed by atoms with Gasteiger partial charge in [-0.25, -0.2) is 0 Å². The van der Waals surface area contributed by atoms with Crippen molar-refractivity contribution in [2.24, 2.45) is 7.05 Å². The van der Waals surface area contributed by atoms with Crippen molar-refractivity contribution >= 4 is 15.9 Å². The van der Waals surface area contributed by atoms with Gasteiger partial charge in [-0.1, -0.05) is 0 Å². The molecular formula is C8H11BrN6. The van der Waals surface area contributed by atoms with E-state index in [1.807, 2.05) is 14.1 Å². The molecule has 0 amide bonds. The third kappa shape index (κ3) is 1.80. The average Bonchev–Trinajstić information content (AvgIpc) is 2.83. The van der Waals surface area contributed by atoms with Gasteiger partial charge < -0.3 is 5.32 Å². The summed E-state index contributed by atoms with van der Waals surface area (Å²) in [5.41, 5.74) is 1.85. The summed E-state index contributed by atoms with van der Waals surface area (Å²) in [7, 11) is 3.77. The average molecular weight is 271 g/mol. The van der Waals surface area contributed by atoms with Crippen LogP contribution in [0.4, 0.5) is 0 Å². The third-order valence-electron chi connectivity index (χ3n) is 2.23. The van der Waals surface area contributed by atoms with Crippen LogP contribution in [0, 0.1) is 0 Å². The van der Waals surface area contributed by atoms with E-state index in [4.69, 9.17) is 0 Å². The Bertz CT molecular complexity index is 414. The zero-order chi connectivity index (χ0) is 10.8. The molecule has 0 aliphatic rings. The lowest BCUT2D eigenvalue weighted by Gasteiger charge is -2.14. The van der Waals surface area contributed by atoms with Gasteiger partial charge in [0.05, 0.1) is 28.6 Å². The van der Waals surface area contributed by atoms with E-state index in [-0.39, 0.29) is 6.04 Å². The summed E-state index contributed by atoms with van der Waals surface area (Å²) in [6.07, 6.45) is 3.46. The number of hydrogen-bond donors (Lipinski definition) is 2. The van der Waals surface area contributed by atoms with Crippen molar-refractivity contribution in [3.05, 3.63) is 28.3 Å². The van der Waals surface area contributed by atoms with Gasteiger partial charge in [0, 0.05) is 7.05 Å². The van der Waals surface area contributed by atoms with E-state index in [9.17, 15) is 0 Å². The van der Waals surface area contributed by atoms with Gasteiger partial charge in [0.15, 0.2) is 0 Å². The van der Waals surface area contributed by atoms with Gasteiger partial charge >= 0.3 is 0 Å². The molecule has 0 aliphatic heterocycles. The van der Waals surface area contributed by atoms with Crippen molar-refractivity contribution in [2.45, 2.75) is 6.04 Å². The summed E-state index contributed by atoms with van der Waals surface area (Å²) in [6.45, 7) is 0. The van der Waals surface area contributed by atoms with Gasteiger partial charge in [0.25, 0.3) is 0 Å². The number of aromatic nitrogens is 5. The van der Waals surface area contributed by atoms with Crippen LogP contribution in [0.15, 0.2) is 16.9 Å². The molecule has 0 aliphatic carbocycles. The van der Waals surface area contributed by atoms with E-state index < -0.39 is 0 Å². The lowest BCUT2D eigenvalue weighted by molar-refractivity contribution is 0.591. The number of halogens is 1. The largest absolute Gasteiger partial charge is 0.307 e. The van der Waals surface area contributed by atoms with Crippen LogP contribution >= 0.6 is 15.9 Å². The second kappa shape index (κ2) is 4.11. The molecule has 2 rings (SSSR count). The van der Waals surface area contributed by atoms with Gasteiger partial charge in [0.2, 0.25) is 0 Å². The quantitative estimate of drug-likeness (QED) is 0.858. The second-order valence-corrected chi connectivity index (χ2v) is 3.97. The van der Waals surface area contributed by atoms with Crippen LogP contribution in [-0.4, -0.2) is 32.2 Å². The van der Waals surface area contributed by atoms with E-state index >= 15 is 0 Å². The monoisotopic (exact) mass is 270 g/mol. The molecule has 15 heavy (non-hydrogen) atoms. The molecule has 2 aromatic rings. The number of nitrogens with one attached hydrogen (secondary N) is 2. The molecule has 2 N–H and O–H groups in total. The van der Waals surface area contributed by atoms with Gasteiger partial charge in [-0.15, -0.1) is 0 Å². The lowest BCUT2D eigenvalue weighted by Crippen LogP contribution is -2.21. The smallest absolute Gasteiger partial charge is 0.105 e. The summed E-state index contributed by atoms with van der Waals surface area (Å²) in [5.74, 6) is 0. The summed E-state index contributed by atoms with van der Waals surface area (Å²) in [4.78, 5) is 0. The lowest BCUT2D eigenvalue weighted by atomic mass is 10.1. The minimum atomic E-state index is -0.0226. The minimum absolute atomic E-state index is 0.0226. The van der Waals surface area contributed by atoms with Crippen molar-refractivity contribution in [2.75, 3.05) is 7.05 Å². The molecule has 0 bridgehead atoms. The first-order chi connectivity index (χ1) is 7.24. The van der Waals surface area contributed by atoms with E-state index in [0.717, 1.165) is 15.9 Å². The van der Waals surface area contributed by atoms with E-state index in [0.29, 0.717) is 0 Å². The Kier molecular flexibility index (Phi) is 2.83. The highest BCUT2D eigenvalue weighted by molar-refractivity contribution is 9.10. The summed E-state index contributed by atoms with van der Waals surface area (Å²) < 4.78 is 2.76. The molecule has 0 fully saturated rings. The Labute approximate surface area is 95.2 Å². The molecule has 0 saturated carbocycles. The SMILES string of the molecule is CNC(c1cn[nH]n1)c1c(Br)cnn1C. The molecule has 80 valence electrons. The molecule has 0 radical (unpaired) electrons. The highest BCUT2D eigenvalue weighted by Gasteiger charge is 2.20. The predicted molar refractivity (Wildman–Crippen MR) is 58.2 cm³/mol. The molecular weight excluding hydrogens is 260 g/mol. The fourth-order valence-electron chi connectivity index (χ4n) is 1.52. The van der Waals surface area contributed by atoms with Crippen molar-refractivity contribution < 1.29 is 0 Å². The molecule has 0 aromatic carbocycles. The number of aromatic amines is 1. The highest BCUT2D eigenvalue weighted by Crippen LogP contribution is 2.25. The molecule has 6 nitrogen and oxygen atoms in total. The molecule has 7 heteroatoms. The standard InChI is InChI=1S/C8H11BrN6/c1-10-7(6-4-11-14-13-6)8-5(9)3-12-15(8)2/h3-4,7,10H,1-2H3,(H,11,13,14). The molecule has 0 saturated heterocycles. The molecule has 0 spiro atoms. The van der Waals surface area contributed by atoms with Crippen LogP contribution in [0.1, 0.15) is 17.4 Å².